The number of allylic oxidation sites excluding steroid dienone is 1. The summed E-state index contributed by atoms with van der Waals surface area (Å²) in [6.45, 7) is 5.98. The zero-order chi connectivity index (χ0) is 16.4. The van der Waals surface area contributed by atoms with Crippen molar-refractivity contribution in [2.75, 3.05) is 23.3 Å². The standard InChI is InChI=1S/C14H17N7O2/c1-3-19(4-2)11-7-5-10(6-8-11)13-12(21(22)23)9-15-14-16-17-18-20(13)14/h5-9,13H,3-4H2,1-2H3,(H,15,16,18). The maximum Gasteiger partial charge on any atom is 0.291 e. The molecule has 1 aromatic carbocycles. The molecule has 1 N–H and O–H groups in total. The highest BCUT2D eigenvalue weighted by Gasteiger charge is 2.35. The van der Waals surface area contributed by atoms with Crippen LogP contribution in [0.2, 0.25) is 0 Å². The number of aromatic nitrogens is 4. The Labute approximate surface area is 132 Å². The van der Waals surface area contributed by atoms with Crippen LogP contribution in [0.3, 0.4) is 0 Å². The number of fused-ring (bicyclic) bond motifs is 1. The average Bonchev–Trinajstić information content (AvgIpc) is 3.04. The minimum Gasteiger partial charge on any atom is -0.372 e. The highest BCUT2D eigenvalue weighted by atomic mass is 16.6. The molecule has 1 atom stereocenters. The van der Waals surface area contributed by atoms with Gasteiger partial charge in [0.05, 0.1) is 11.1 Å². The number of hydrogen-bond donors (Lipinski definition) is 1. The molecule has 0 spiro atoms. The lowest BCUT2D eigenvalue weighted by Gasteiger charge is -2.23. The first-order valence-corrected chi connectivity index (χ1v) is 7.39. The summed E-state index contributed by atoms with van der Waals surface area (Å²) in [7, 11) is 0. The van der Waals surface area contributed by atoms with E-state index in [4.69, 9.17) is 0 Å². The Kier molecular flexibility index (Phi) is 3.92. The zero-order valence-corrected chi connectivity index (χ0v) is 12.9. The Morgan fingerprint density at radius 3 is 2.61 bits per heavy atom. The van der Waals surface area contributed by atoms with Crippen molar-refractivity contribution in [1.82, 2.24) is 20.2 Å². The van der Waals surface area contributed by atoms with E-state index in [0.717, 1.165) is 24.3 Å². The van der Waals surface area contributed by atoms with Crippen LogP contribution >= 0.6 is 0 Å². The van der Waals surface area contributed by atoms with Gasteiger partial charge >= 0.3 is 0 Å². The van der Waals surface area contributed by atoms with Gasteiger partial charge in [-0.2, -0.15) is 4.68 Å². The van der Waals surface area contributed by atoms with Gasteiger partial charge in [0.2, 0.25) is 5.95 Å². The van der Waals surface area contributed by atoms with E-state index >= 15 is 0 Å². The second kappa shape index (κ2) is 6.03. The van der Waals surface area contributed by atoms with Crippen molar-refractivity contribution >= 4 is 11.6 Å². The number of benzene rings is 1. The van der Waals surface area contributed by atoms with Gasteiger partial charge in [0.25, 0.3) is 5.70 Å². The van der Waals surface area contributed by atoms with Crippen molar-refractivity contribution in [3.05, 3.63) is 51.8 Å². The topological polar surface area (TPSA) is 102 Å². The molecule has 0 amide bonds. The van der Waals surface area contributed by atoms with Crippen LogP contribution < -0.4 is 10.2 Å². The first-order valence-electron chi connectivity index (χ1n) is 7.39. The van der Waals surface area contributed by atoms with Crippen molar-refractivity contribution in [1.29, 1.82) is 0 Å². The van der Waals surface area contributed by atoms with Crippen molar-refractivity contribution < 1.29 is 4.92 Å². The van der Waals surface area contributed by atoms with E-state index in [1.54, 1.807) is 0 Å². The van der Waals surface area contributed by atoms with Crippen LogP contribution in [0, 0.1) is 10.1 Å². The number of nitrogens with zero attached hydrogens (tertiary/aromatic N) is 6. The summed E-state index contributed by atoms with van der Waals surface area (Å²) in [5.74, 6) is 0.383. The fraction of sp³-hybridized carbons (Fsp3) is 0.357. The molecule has 1 aliphatic rings. The quantitative estimate of drug-likeness (QED) is 0.661. The summed E-state index contributed by atoms with van der Waals surface area (Å²) in [6.07, 6.45) is 1.34. The molecule has 1 aromatic heterocycles. The lowest BCUT2D eigenvalue weighted by molar-refractivity contribution is -0.431. The lowest BCUT2D eigenvalue weighted by Crippen LogP contribution is -2.26. The number of tetrazole rings is 1. The van der Waals surface area contributed by atoms with Gasteiger partial charge in [-0.05, 0) is 42.0 Å². The van der Waals surface area contributed by atoms with Crippen LogP contribution in [0.25, 0.3) is 0 Å². The zero-order valence-electron chi connectivity index (χ0n) is 12.9. The summed E-state index contributed by atoms with van der Waals surface area (Å²) in [6, 6.07) is 7.04. The summed E-state index contributed by atoms with van der Waals surface area (Å²) in [5, 5.41) is 25.4. The van der Waals surface area contributed by atoms with Crippen LogP contribution in [0.15, 0.2) is 36.2 Å². The molecular formula is C14H17N7O2. The van der Waals surface area contributed by atoms with Crippen molar-refractivity contribution in [2.24, 2.45) is 0 Å². The van der Waals surface area contributed by atoms with Gasteiger partial charge in [-0.25, -0.2) is 0 Å². The number of hydrogen-bond acceptors (Lipinski definition) is 7. The molecule has 9 nitrogen and oxygen atoms in total. The molecular weight excluding hydrogens is 298 g/mol. The number of nitrogens with one attached hydrogen (secondary N) is 1. The fourth-order valence-electron chi connectivity index (χ4n) is 2.73. The minimum absolute atomic E-state index is 0.000360. The molecule has 1 unspecified atom stereocenters. The van der Waals surface area contributed by atoms with E-state index in [1.807, 2.05) is 24.3 Å². The smallest absolute Gasteiger partial charge is 0.291 e. The highest BCUT2D eigenvalue weighted by Crippen LogP contribution is 2.32. The van der Waals surface area contributed by atoms with Crippen LogP contribution in [0.4, 0.5) is 11.6 Å². The molecule has 0 radical (unpaired) electrons. The van der Waals surface area contributed by atoms with E-state index in [9.17, 15) is 10.1 Å². The van der Waals surface area contributed by atoms with Gasteiger partial charge in [0, 0.05) is 18.8 Å². The van der Waals surface area contributed by atoms with E-state index in [2.05, 4.69) is 39.6 Å². The minimum atomic E-state index is -0.651. The SMILES string of the molecule is CCN(CC)c1ccc(C2C([N+](=O)[O-])=CNc3nnnn32)cc1. The molecule has 2 heterocycles. The van der Waals surface area contributed by atoms with Crippen LogP contribution in [0.5, 0.6) is 0 Å². The third-order valence-corrected chi connectivity index (χ3v) is 3.91. The first kappa shape index (κ1) is 14.9. The lowest BCUT2D eigenvalue weighted by atomic mass is 10.0. The molecule has 0 saturated carbocycles. The predicted octanol–water partition coefficient (Wildman–Crippen LogP) is 1.65. The Morgan fingerprint density at radius 2 is 2.00 bits per heavy atom. The molecule has 0 aliphatic carbocycles. The van der Waals surface area contributed by atoms with Gasteiger partial charge in [0.15, 0.2) is 6.04 Å². The Hall–Kier alpha value is -2.97. The molecule has 3 rings (SSSR count). The molecule has 9 heteroatoms. The van der Waals surface area contributed by atoms with E-state index in [0.29, 0.717) is 5.95 Å². The van der Waals surface area contributed by atoms with E-state index in [-0.39, 0.29) is 5.70 Å². The largest absolute Gasteiger partial charge is 0.372 e. The summed E-state index contributed by atoms with van der Waals surface area (Å²) in [4.78, 5) is 13.1. The van der Waals surface area contributed by atoms with Crippen molar-refractivity contribution in [3.63, 3.8) is 0 Å². The third-order valence-electron chi connectivity index (χ3n) is 3.91. The van der Waals surface area contributed by atoms with Gasteiger partial charge in [-0.1, -0.05) is 17.2 Å². The Bertz CT molecular complexity index is 734. The van der Waals surface area contributed by atoms with Crippen LogP contribution in [-0.2, 0) is 0 Å². The Balaban J connectivity index is 1.99. The van der Waals surface area contributed by atoms with Gasteiger partial charge in [-0.3, -0.25) is 10.1 Å². The third kappa shape index (κ3) is 2.60. The van der Waals surface area contributed by atoms with Gasteiger partial charge in [0.1, 0.15) is 0 Å². The first-order chi connectivity index (χ1) is 11.2. The number of nitro groups is 1. The van der Waals surface area contributed by atoms with Crippen molar-refractivity contribution in [3.8, 4) is 0 Å². The number of anilines is 2. The number of rotatable bonds is 5. The van der Waals surface area contributed by atoms with Crippen molar-refractivity contribution in [2.45, 2.75) is 19.9 Å². The maximum atomic E-state index is 11.3. The molecule has 1 aliphatic heterocycles. The molecule has 120 valence electrons. The summed E-state index contributed by atoms with van der Waals surface area (Å²) >= 11 is 0. The summed E-state index contributed by atoms with van der Waals surface area (Å²) < 4.78 is 1.42. The normalized spacial score (nSPS) is 16.3. The highest BCUT2D eigenvalue weighted by molar-refractivity contribution is 5.49. The molecule has 0 fully saturated rings. The maximum absolute atomic E-state index is 11.3. The van der Waals surface area contributed by atoms with Gasteiger partial charge < -0.3 is 10.2 Å². The predicted molar refractivity (Wildman–Crippen MR) is 84.7 cm³/mol. The second-order valence-electron chi connectivity index (χ2n) is 5.08. The second-order valence-corrected chi connectivity index (χ2v) is 5.08. The van der Waals surface area contributed by atoms with E-state index < -0.39 is 11.0 Å². The molecule has 0 saturated heterocycles. The summed E-state index contributed by atoms with van der Waals surface area (Å²) in [5.41, 5.74) is 1.84. The monoisotopic (exact) mass is 315 g/mol. The van der Waals surface area contributed by atoms with Gasteiger partial charge in [-0.15, -0.1) is 0 Å². The fourth-order valence-corrected chi connectivity index (χ4v) is 2.73. The van der Waals surface area contributed by atoms with E-state index in [1.165, 1.54) is 10.9 Å². The van der Waals surface area contributed by atoms with Crippen LogP contribution in [-0.4, -0.2) is 38.2 Å². The molecule has 23 heavy (non-hydrogen) atoms. The average molecular weight is 315 g/mol. The molecule has 0 bridgehead atoms. The Morgan fingerprint density at radius 1 is 1.30 bits per heavy atom. The van der Waals surface area contributed by atoms with Crippen LogP contribution in [0.1, 0.15) is 25.5 Å². The molecule has 2 aromatic rings.